The van der Waals surface area contributed by atoms with Gasteiger partial charge in [-0.3, -0.25) is 0 Å². The second-order valence-corrected chi connectivity index (χ2v) is 6.24. The number of carbonyl (C=O) groups excluding carboxylic acids is 2. The molecule has 5 nitrogen and oxygen atoms in total. The summed E-state index contributed by atoms with van der Waals surface area (Å²) in [7, 11) is 1.31. The van der Waals surface area contributed by atoms with Crippen LogP contribution in [0.1, 0.15) is 13.3 Å². The van der Waals surface area contributed by atoms with Gasteiger partial charge in [0.15, 0.2) is 0 Å². The predicted molar refractivity (Wildman–Crippen MR) is 66.4 cm³/mol. The molecule has 0 saturated heterocycles. The van der Waals surface area contributed by atoms with E-state index in [9.17, 15) is 9.59 Å². The van der Waals surface area contributed by atoms with E-state index in [-0.39, 0.29) is 15.8 Å². The van der Waals surface area contributed by atoms with Gasteiger partial charge in [-0.2, -0.15) is 0 Å². The van der Waals surface area contributed by atoms with Gasteiger partial charge in [-0.25, -0.2) is 9.59 Å². The first kappa shape index (κ1) is 13.5. The number of hydrogen-bond acceptors (Lipinski definition) is 3. The van der Waals surface area contributed by atoms with Crippen LogP contribution in [0, 0.1) is 0 Å². The molecule has 0 aromatic rings. The largest absolute Gasteiger partial charge is 0.466 e. The van der Waals surface area contributed by atoms with Crippen molar-refractivity contribution >= 4 is 43.9 Å². The minimum absolute atomic E-state index is 0.297. The Morgan fingerprint density at radius 3 is 2.62 bits per heavy atom. The van der Waals surface area contributed by atoms with Crippen LogP contribution in [-0.4, -0.2) is 28.9 Å². The fourth-order valence-electron chi connectivity index (χ4n) is 1.48. The van der Waals surface area contributed by atoms with Crippen molar-refractivity contribution in [3.8, 4) is 0 Å². The number of allylic oxidation sites excluding steroid dienone is 1. The van der Waals surface area contributed by atoms with E-state index in [1.807, 2.05) is 6.92 Å². The molecule has 1 heterocycles. The lowest BCUT2D eigenvalue weighted by molar-refractivity contribution is -0.136. The Labute approximate surface area is 110 Å². The van der Waals surface area contributed by atoms with E-state index in [1.165, 1.54) is 7.11 Å². The monoisotopic (exact) mass is 354 g/mol. The second kappa shape index (κ2) is 5.67. The number of rotatable bonds is 3. The first-order valence-electron chi connectivity index (χ1n) is 4.69. The zero-order valence-electron chi connectivity index (χ0n) is 8.84. The lowest BCUT2D eigenvalue weighted by Gasteiger charge is -2.28. The van der Waals surface area contributed by atoms with Crippen LogP contribution < -0.4 is 10.6 Å². The highest BCUT2D eigenvalue weighted by molar-refractivity contribution is 9.24. The molecule has 0 bridgehead atoms. The molecule has 0 aromatic heterocycles. The summed E-state index contributed by atoms with van der Waals surface area (Å²) < 4.78 is 4.41. The van der Waals surface area contributed by atoms with Crippen LogP contribution in [0.4, 0.5) is 4.79 Å². The van der Waals surface area contributed by atoms with Gasteiger partial charge in [-0.05, 0) is 6.42 Å². The number of nitrogens with one attached hydrogen (secondary N) is 2. The highest BCUT2D eigenvalue weighted by Gasteiger charge is 2.33. The average molecular weight is 356 g/mol. The minimum Gasteiger partial charge on any atom is -0.466 e. The summed E-state index contributed by atoms with van der Waals surface area (Å²) >= 11 is 6.53. The Hall–Kier alpha value is -0.560. The van der Waals surface area contributed by atoms with Crippen molar-refractivity contribution in [3.63, 3.8) is 0 Å². The Kier molecular flexibility index (Phi) is 4.79. The van der Waals surface area contributed by atoms with Crippen molar-refractivity contribution in [2.24, 2.45) is 0 Å². The summed E-state index contributed by atoms with van der Waals surface area (Å²) in [4.78, 5) is 23.0. The fraction of sp³-hybridized carbons (Fsp3) is 0.556. The van der Waals surface area contributed by atoms with Gasteiger partial charge in [-0.15, -0.1) is 0 Å². The molecule has 16 heavy (non-hydrogen) atoms. The zero-order chi connectivity index (χ0) is 12.3. The molecule has 0 aromatic carbocycles. The molecular formula is C9H12Br2N2O3. The number of carbonyl (C=O) groups is 2. The molecule has 1 aliphatic heterocycles. The van der Waals surface area contributed by atoms with Crippen LogP contribution in [0.25, 0.3) is 0 Å². The standard InChI is InChI=1S/C9H12Br2N2O3/c1-3-4-5(8(14)16-2)6(7(10)11)13-9(15)12-4/h4,7H,3H2,1-2H3,(H2,12,13,15)/t4-/m0/s1. The summed E-state index contributed by atoms with van der Waals surface area (Å²) in [6.45, 7) is 1.88. The zero-order valence-corrected chi connectivity index (χ0v) is 12.0. The quantitative estimate of drug-likeness (QED) is 0.597. The van der Waals surface area contributed by atoms with Gasteiger partial charge in [0.2, 0.25) is 0 Å². The van der Waals surface area contributed by atoms with E-state index >= 15 is 0 Å². The number of hydrogen-bond donors (Lipinski definition) is 2. The molecule has 2 N–H and O–H groups in total. The molecule has 0 radical (unpaired) electrons. The molecule has 0 saturated carbocycles. The van der Waals surface area contributed by atoms with Crippen LogP contribution in [0.15, 0.2) is 11.3 Å². The lowest BCUT2D eigenvalue weighted by Crippen LogP contribution is -2.51. The average Bonchev–Trinajstić information content (AvgIpc) is 2.26. The van der Waals surface area contributed by atoms with E-state index in [0.29, 0.717) is 17.7 Å². The summed E-state index contributed by atoms with van der Waals surface area (Å²) in [6, 6.07) is -0.646. The van der Waals surface area contributed by atoms with Crippen molar-refractivity contribution in [2.45, 2.75) is 23.1 Å². The summed E-state index contributed by atoms with van der Waals surface area (Å²) in [5.74, 6) is -0.446. The van der Waals surface area contributed by atoms with Gasteiger partial charge in [0, 0.05) is 0 Å². The normalized spacial score (nSPS) is 20.6. The maximum Gasteiger partial charge on any atom is 0.337 e. The van der Waals surface area contributed by atoms with Crippen LogP contribution in [-0.2, 0) is 9.53 Å². The van der Waals surface area contributed by atoms with Crippen LogP contribution in [0.5, 0.6) is 0 Å². The predicted octanol–water partition coefficient (Wildman–Crippen LogP) is 1.62. The van der Waals surface area contributed by atoms with Gasteiger partial charge >= 0.3 is 12.0 Å². The number of urea groups is 1. The molecule has 1 aliphatic rings. The molecule has 7 heteroatoms. The first-order chi connectivity index (χ1) is 7.51. The molecule has 0 fully saturated rings. The third-order valence-corrected chi connectivity index (χ3v) is 3.14. The highest BCUT2D eigenvalue weighted by atomic mass is 79.9. The van der Waals surface area contributed by atoms with Gasteiger partial charge in [-0.1, -0.05) is 38.8 Å². The third kappa shape index (κ3) is 2.76. The van der Waals surface area contributed by atoms with Crippen molar-refractivity contribution < 1.29 is 14.3 Å². The van der Waals surface area contributed by atoms with E-state index in [4.69, 9.17) is 4.74 Å². The summed E-state index contributed by atoms with van der Waals surface area (Å²) in [5, 5.41) is 5.25. The maximum atomic E-state index is 11.6. The van der Waals surface area contributed by atoms with Crippen molar-refractivity contribution in [1.82, 2.24) is 10.6 Å². The minimum atomic E-state index is -0.446. The molecule has 90 valence electrons. The molecule has 0 aliphatic carbocycles. The Balaban J connectivity index is 3.18. The number of ether oxygens (including phenoxy) is 1. The van der Waals surface area contributed by atoms with Crippen molar-refractivity contribution in [1.29, 1.82) is 0 Å². The van der Waals surface area contributed by atoms with E-state index < -0.39 is 5.97 Å². The first-order valence-corrected chi connectivity index (χ1v) is 6.52. The molecule has 1 atom stereocenters. The van der Waals surface area contributed by atoms with E-state index in [1.54, 1.807) is 0 Å². The third-order valence-electron chi connectivity index (χ3n) is 2.22. The van der Waals surface area contributed by atoms with E-state index in [0.717, 1.165) is 0 Å². The number of methoxy groups -OCH3 is 1. The maximum absolute atomic E-state index is 11.6. The van der Waals surface area contributed by atoms with Crippen LogP contribution in [0.2, 0.25) is 0 Å². The number of alkyl halides is 2. The van der Waals surface area contributed by atoms with Crippen molar-refractivity contribution in [2.75, 3.05) is 7.11 Å². The highest BCUT2D eigenvalue weighted by Crippen LogP contribution is 2.25. The Morgan fingerprint density at radius 2 is 2.19 bits per heavy atom. The van der Waals surface area contributed by atoms with Gasteiger partial charge in [0.25, 0.3) is 0 Å². The van der Waals surface area contributed by atoms with Gasteiger partial charge < -0.3 is 15.4 Å². The number of amides is 2. The van der Waals surface area contributed by atoms with Gasteiger partial charge in [0.05, 0.1) is 24.4 Å². The summed E-state index contributed by atoms with van der Waals surface area (Å²) in [6.07, 6.45) is 0.619. The number of esters is 1. The van der Waals surface area contributed by atoms with E-state index in [2.05, 4.69) is 42.5 Å². The fourth-order valence-corrected chi connectivity index (χ4v) is 2.21. The Bertz CT molecular complexity index is 342. The lowest BCUT2D eigenvalue weighted by atomic mass is 10.0. The topological polar surface area (TPSA) is 67.4 Å². The number of halogens is 2. The second-order valence-electron chi connectivity index (χ2n) is 3.18. The molecule has 0 spiro atoms. The smallest absolute Gasteiger partial charge is 0.337 e. The van der Waals surface area contributed by atoms with Crippen molar-refractivity contribution in [3.05, 3.63) is 11.3 Å². The molecule has 0 unspecified atom stereocenters. The van der Waals surface area contributed by atoms with Gasteiger partial charge in [0.1, 0.15) is 3.74 Å². The molecule has 1 rings (SSSR count). The SMILES string of the molecule is CC[C@@H]1NC(=O)NC(C(Br)Br)=C1C(=O)OC. The molecule has 2 amide bonds. The summed E-state index contributed by atoms with van der Waals surface area (Å²) in [5.41, 5.74) is 0.922. The Morgan fingerprint density at radius 1 is 1.56 bits per heavy atom. The van der Waals surface area contributed by atoms with Crippen LogP contribution >= 0.6 is 31.9 Å². The van der Waals surface area contributed by atoms with Crippen LogP contribution in [0.3, 0.4) is 0 Å². The molecular weight excluding hydrogens is 344 g/mol.